The Kier molecular flexibility index (Phi) is 9.24. The second kappa shape index (κ2) is 11.7. The molecule has 0 aliphatic rings. The molecule has 5 N–H and O–H groups in total. The number of halogens is 1. The van der Waals surface area contributed by atoms with E-state index in [0.717, 1.165) is 17.7 Å². The van der Waals surface area contributed by atoms with Crippen LogP contribution < -0.4 is 26.0 Å². The number of aliphatic hydroxyl groups is 1. The molecule has 0 fully saturated rings. The number of carbonyl (C=O) groups is 1. The molecule has 0 saturated carbocycles. The second-order valence-corrected chi connectivity index (χ2v) is 8.20. The quantitative estimate of drug-likeness (QED) is 0.201. The van der Waals surface area contributed by atoms with Crippen LogP contribution in [0.3, 0.4) is 0 Å². The second-order valence-electron chi connectivity index (χ2n) is 7.82. The summed E-state index contributed by atoms with van der Waals surface area (Å²) in [6.45, 7) is 8.39. The van der Waals surface area contributed by atoms with Crippen molar-refractivity contribution in [1.82, 2.24) is 15.4 Å². The van der Waals surface area contributed by atoms with Crippen LogP contribution in [0, 0.1) is 5.41 Å². The first-order valence-corrected chi connectivity index (χ1v) is 11.1. The first-order valence-electron chi connectivity index (χ1n) is 10.7. The van der Waals surface area contributed by atoms with Crippen LogP contribution in [0.5, 0.6) is 0 Å². The van der Waals surface area contributed by atoms with Crippen LogP contribution in [-0.2, 0) is 0 Å². The highest BCUT2D eigenvalue weighted by atomic mass is 35.5. The van der Waals surface area contributed by atoms with E-state index in [1.807, 2.05) is 38.8 Å². The lowest BCUT2D eigenvalue weighted by Crippen LogP contribution is -2.46. The Morgan fingerprint density at radius 1 is 1.24 bits per heavy atom. The first-order chi connectivity index (χ1) is 15.6. The number of amides is 2. The van der Waals surface area contributed by atoms with E-state index in [1.54, 1.807) is 26.1 Å². The zero-order valence-electron chi connectivity index (χ0n) is 20.0. The summed E-state index contributed by atoms with van der Waals surface area (Å²) in [4.78, 5) is 23.5. The number of aliphatic hydroxyl groups excluding tert-OH is 1. The Bertz CT molecular complexity index is 999. The third kappa shape index (κ3) is 6.69. The van der Waals surface area contributed by atoms with E-state index < -0.39 is 6.03 Å². The summed E-state index contributed by atoms with van der Waals surface area (Å²) in [7, 11) is 3.61. The highest BCUT2D eigenvalue weighted by molar-refractivity contribution is 6.29. The van der Waals surface area contributed by atoms with Crippen molar-refractivity contribution < 1.29 is 9.90 Å². The summed E-state index contributed by atoms with van der Waals surface area (Å²) in [5, 5.41) is 25.3. The first kappa shape index (κ1) is 26.1. The summed E-state index contributed by atoms with van der Waals surface area (Å²) in [6, 6.07) is 4.58. The number of rotatable bonds is 10. The zero-order chi connectivity index (χ0) is 24.7. The van der Waals surface area contributed by atoms with E-state index in [4.69, 9.17) is 17.0 Å². The van der Waals surface area contributed by atoms with Crippen LogP contribution in [0.15, 0.2) is 18.2 Å². The van der Waals surface area contributed by atoms with Crippen molar-refractivity contribution in [3.63, 3.8) is 0 Å². The molecule has 0 aromatic carbocycles. The maximum atomic E-state index is 12.8. The highest BCUT2D eigenvalue weighted by Gasteiger charge is 2.20. The van der Waals surface area contributed by atoms with Crippen molar-refractivity contribution in [3.8, 4) is 0 Å². The van der Waals surface area contributed by atoms with Crippen molar-refractivity contribution in [1.29, 1.82) is 5.41 Å². The molecule has 0 unspecified atom stereocenters. The maximum Gasteiger partial charge on any atom is 0.338 e. The lowest BCUT2D eigenvalue weighted by Gasteiger charge is -2.26. The minimum absolute atomic E-state index is 0.116. The predicted molar refractivity (Wildman–Crippen MR) is 135 cm³/mol. The largest absolute Gasteiger partial charge is 0.394 e. The molecule has 0 bridgehead atoms. The standard InChI is InChI=1S/C22H33ClN8O2/c1-7-30(6)18-11-15(10-17(23)27-18)26-22(33)29-31(8-9-32)19-12-16(13(2)3)20(14(4)24)21(25-5)28-19/h10-13,24,32H,7-9H2,1-6H3,(H,25,28)(H2,26,27,29,33). The average molecular weight is 477 g/mol. The molecule has 180 valence electrons. The highest BCUT2D eigenvalue weighted by Crippen LogP contribution is 2.29. The average Bonchev–Trinajstić information content (AvgIpc) is 2.76. The van der Waals surface area contributed by atoms with E-state index >= 15 is 0 Å². The summed E-state index contributed by atoms with van der Waals surface area (Å²) in [5.41, 5.74) is 5.24. The Morgan fingerprint density at radius 3 is 2.48 bits per heavy atom. The molecule has 10 nitrogen and oxygen atoms in total. The summed E-state index contributed by atoms with van der Waals surface area (Å²) in [5.74, 6) is 1.72. The fourth-order valence-electron chi connectivity index (χ4n) is 3.24. The monoisotopic (exact) mass is 476 g/mol. The Hall–Kier alpha value is -3.11. The fourth-order valence-corrected chi connectivity index (χ4v) is 3.45. The minimum Gasteiger partial charge on any atom is -0.394 e. The molecule has 2 rings (SSSR count). The molecule has 2 aromatic rings. The number of hydrazine groups is 1. The number of urea groups is 1. The SMILES string of the molecule is CCN(C)c1cc(NC(=O)NN(CCO)c2cc(C(C)C)c(C(C)=N)c(NC)n2)cc(Cl)n1. The Balaban J connectivity index is 2.34. The lowest BCUT2D eigenvalue weighted by atomic mass is 9.95. The van der Waals surface area contributed by atoms with Crippen LogP contribution in [0.1, 0.15) is 44.7 Å². The normalized spacial score (nSPS) is 10.7. The summed E-state index contributed by atoms with van der Waals surface area (Å²) < 4.78 is 0. The van der Waals surface area contributed by atoms with Gasteiger partial charge in [-0.05, 0) is 37.5 Å². The van der Waals surface area contributed by atoms with E-state index in [1.165, 1.54) is 5.01 Å². The number of hydrogen-bond acceptors (Lipinski definition) is 8. The predicted octanol–water partition coefficient (Wildman–Crippen LogP) is 3.67. The molecular formula is C22H33ClN8O2. The summed E-state index contributed by atoms with van der Waals surface area (Å²) >= 11 is 6.12. The van der Waals surface area contributed by atoms with Gasteiger partial charge in [0.1, 0.15) is 22.6 Å². The molecule has 0 saturated heterocycles. The topological polar surface area (TPSA) is 130 Å². The van der Waals surface area contributed by atoms with Crippen LogP contribution in [0.25, 0.3) is 0 Å². The number of aromatic nitrogens is 2. The van der Waals surface area contributed by atoms with Crippen LogP contribution in [0.2, 0.25) is 5.15 Å². The molecular weight excluding hydrogens is 444 g/mol. The number of nitrogens with one attached hydrogen (secondary N) is 4. The molecule has 2 amide bonds. The molecule has 0 aliphatic heterocycles. The number of pyridine rings is 2. The van der Waals surface area contributed by atoms with E-state index in [0.29, 0.717) is 28.9 Å². The van der Waals surface area contributed by atoms with Crippen LogP contribution >= 0.6 is 11.6 Å². The van der Waals surface area contributed by atoms with Gasteiger partial charge in [-0.3, -0.25) is 5.01 Å². The van der Waals surface area contributed by atoms with Gasteiger partial charge >= 0.3 is 6.03 Å². The molecule has 2 heterocycles. The maximum absolute atomic E-state index is 12.8. The van der Waals surface area contributed by atoms with Gasteiger partial charge < -0.3 is 26.0 Å². The van der Waals surface area contributed by atoms with E-state index in [9.17, 15) is 9.90 Å². The number of carbonyl (C=O) groups excluding carboxylic acids is 1. The van der Waals surface area contributed by atoms with Gasteiger partial charge in [0.2, 0.25) is 0 Å². The molecule has 0 radical (unpaired) electrons. The molecule has 0 spiro atoms. The summed E-state index contributed by atoms with van der Waals surface area (Å²) in [6.07, 6.45) is 0. The third-order valence-electron chi connectivity index (χ3n) is 5.01. The molecule has 0 atom stereocenters. The van der Waals surface area contributed by atoms with Crippen LogP contribution in [0.4, 0.5) is 27.9 Å². The number of nitrogens with zero attached hydrogens (tertiary/aromatic N) is 4. The van der Waals surface area contributed by atoms with Crippen molar-refractivity contribution in [2.45, 2.75) is 33.6 Å². The Morgan fingerprint density at radius 2 is 1.94 bits per heavy atom. The lowest BCUT2D eigenvalue weighted by molar-refractivity contribution is 0.248. The van der Waals surface area contributed by atoms with E-state index in [2.05, 4.69) is 26.0 Å². The van der Waals surface area contributed by atoms with E-state index in [-0.39, 0.29) is 24.2 Å². The molecule has 0 aliphatic carbocycles. The van der Waals surface area contributed by atoms with Gasteiger partial charge in [-0.25, -0.2) is 20.2 Å². The Labute approximate surface area is 199 Å². The van der Waals surface area contributed by atoms with Crippen molar-refractivity contribution in [2.24, 2.45) is 0 Å². The van der Waals surface area contributed by atoms with Gasteiger partial charge in [-0.2, -0.15) is 0 Å². The smallest absolute Gasteiger partial charge is 0.338 e. The van der Waals surface area contributed by atoms with Gasteiger partial charge in [0.25, 0.3) is 0 Å². The minimum atomic E-state index is -0.526. The van der Waals surface area contributed by atoms with Gasteiger partial charge in [0.05, 0.1) is 13.2 Å². The van der Waals surface area contributed by atoms with Gasteiger partial charge in [0.15, 0.2) is 0 Å². The molecule has 2 aromatic heterocycles. The molecule has 11 heteroatoms. The van der Waals surface area contributed by atoms with Crippen molar-refractivity contribution >= 4 is 46.5 Å². The fraction of sp³-hybridized carbons (Fsp3) is 0.455. The van der Waals surface area contributed by atoms with Crippen molar-refractivity contribution in [2.75, 3.05) is 54.3 Å². The third-order valence-corrected chi connectivity index (χ3v) is 5.20. The van der Waals surface area contributed by atoms with Crippen LogP contribution in [-0.4, -0.2) is 60.6 Å². The van der Waals surface area contributed by atoms with Gasteiger partial charge in [-0.1, -0.05) is 25.4 Å². The number of hydrogen-bond donors (Lipinski definition) is 5. The van der Waals surface area contributed by atoms with Gasteiger partial charge in [-0.15, -0.1) is 0 Å². The van der Waals surface area contributed by atoms with Crippen molar-refractivity contribution in [3.05, 3.63) is 34.5 Å². The number of anilines is 4. The zero-order valence-corrected chi connectivity index (χ0v) is 20.7. The molecule has 33 heavy (non-hydrogen) atoms. The van der Waals surface area contributed by atoms with Gasteiger partial charge in [0, 0.05) is 43.7 Å².